The molecule has 1 amide bonds. The average molecular weight is 171 g/mol. The molecule has 0 radical (unpaired) electrons. The van der Waals surface area contributed by atoms with Crippen LogP contribution in [0.2, 0.25) is 0 Å². The number of hydrogen-bond donors (Lipinski definition) is 0. The Morgan fingerprint density at radius 2 is 2.33 bits per heavy atom. The van der Waals surface area contributed by atoms with E-state index in [1.54, 1.807) is 4.90 Å². The fourth-order valence-corrected chi connectivity index (χ4v) is 1.25. The normalized spacial score (nSPS) is 17.8. The molecule has 1 aliphatic heterocycles. The van der Waals surface area contributed by atoms with Gasteiger partial charge in [0.25, 0.3) is 0 Å². The summed E-state index contributed by atoms with van der Waals surface area (Å²) >= 11 is 0. The van der Waals surface area contributed by atoms with Crippen LogP contribution in [-0.2, 0) is 14.3 Å². The lowest BCUT2D eigenvalue weighted by Gasteiger charge is -2.25. The Morgan fingerprint density at radius 3 is 2.92 bits per heavy atom. The summed E-state index contributed by atoms with van der Waals surface area (Å²) in [5.74, 6) is -0.281. The highest BCUT2D eigenvalue weighted by Crippen LogP contribution is 2.09. The first-order valence-corrected chi connectivity index (χ1v) is 4.08. The van der Waals surface area contributed by atoms with Gasteiger partial charge < -0.3 is 9.64 Å². The molecule has 12 heavy (non-hydrogen) atoms. The molecular formula is C8H13NO3. The average Bonchev–Trinajstić information content (AvgIpc) is 2.09. The molecule has 1 saturated heterocycles. The van der Waals surface area contributed by atoms with Crippen LogP contribution in [0.3, 0.4) is 0 Å². The van der Waals surface area contributed by atoms with Crippen LogP contribution in [0.1, 0.15) is 19.3 Å². The number of methoxy groups -OCH3 is 1. The number of rotatable bonds is 2. The fourth-order valence-electron chi connectivity index (χ4n) is 1.25. The van der Waals surface area contributed by atoms with E-state index in [2.05, 4.69) is 4.74 Å². The molecule has 1 aliphatic rings. The monoisotopic (exact) mass is 171 g/mol. The maximum Gasteiger partial charge on any atom is 0.325 e. The number of carbonyl (C=O) groups is 2. The minimum Gasteiger partial charge on any atom is -0.468 e. The van der Waals surface area contributed by atoms with Crippen LogP contribution >= 0.6 is 0 Å². The molecule has 4 nitrogen and oxygen atoms in total. The summed E-state index contributed by atoms with van der Waals surface area (Å²) in [6.07, 6.45) is 2.50. The molecule has 0 unspecified atom stereocenters. The number of carbonyl (C=O) groups excluding carboxylic acids is 2. The Bertz CT molecular complexity index is 191. The molecule has 0 spiro atoms. The number of amides is 1. The summed E-state index contributed by atoms with van der Waals surface area (Å²) < 4.78 is 4.47. The van der Waals surface area contributed by atoms with Crippen molar-refractivity contribution >= 4 is 11.9 Å². The van der Waals surface area contributed by atoms with E-state index in [-0.39, 0.29) is 18.4 Å². The SMILES string of the molecule is COC(=O)CN1CCCCC1=O. The molecule has 0 saturated carbocycles. The van der Waals surface area contributed by atoms with Crippen LogP contribution in [0, 0.1) is 0 Å². The molecular weight excluding hydrogens is 158 g/mol. The molecule has 1 rings (SSSR count). The van der Waals surface area contributed by atoms with Crippen molar-refractivity contribution < 1.29 is 14.3 Å². The van der Waals surface area contributed by atoms with Gasteiger partial charge >= 0.3 is 5.97 Å². The number of esters is 1. The summed E-state index contributed by atoms with van der Waals surface area (Å²) in [6, 6.07) is 0. The lowest BCUT2D eigenvalue weighted by molar-refractivity contribution is -0.148. The van der Waals surface area contributed by atoms with E-state index in [0.29, 0.717) is 13.0 Å². The summed E-state index contributed by atoms with van der Waals surface area (Å²) in [5, 5.41) is 0. The maximum atomic E-state index is 11.2. The Labute approximate surface area is 71.5 Å². The van der Waals surface area contributed by atoms with Crippen LogP contribution in [0.15, 0.2) is 0 Å². The van der Waals surface area contributed by atoms with Crippen molar-refractivity contribution in [2.45, 2.75) is 19.3 Å². The van der Waals surface area contributed by atoms with Crippen LogP contribution in [0.25, 0.3) is 0 Å². The van der Waals surface area contributed by atoms with Gasteiger partial charge in [0.1, 0.15) is 6.54 Å². The Kier molecular flexibility index (Phi) is 3.08. The van der Waals surface area contributed by atoms with E-state index in [1.807, 2.05) is 0 Å². The molecule has 68 valence electrons. The van der Waals surface area contributed by atoms with Gasteiger partial charge in [0.2, 0.25) is 5.91 Å². The number of hydrogen-bond acceptors (Lipinski definition) is 3. The van der Waals surface area contributed by atoms with Crippen molar-refractivity contribution in [1.82, 2.24) is 4.90 Å². The highest BCUT2D eigenvalue weighted by atomic mass is 16.5. The van der Waals surface area contributed by atoms with E-state index in [1.165, 1.54) is 7.11 Å². The van der Waals surface area contributed by atoms with Gasteiger partial charge in [-0.3, -0.25) is 9.59 Å². The first kappa shape index (κ1) is 9.03. The van der Waals surface area contributed by atoms with Crippen LogP contribution in [0.4, 0.5) is 0 Å². The highest BCUT2D eigenvalue weighted by Gasteiger charge is 2.20. The minimum absolute atomic E-state index is 0.0617. The van der Waals surface area contributed by atoms with E-state index < -0.39 is 0 Å². The first-order valence-electron chi connectivity index (χ1n) is 4.08. The van der Waals surface area contributed by atoms with Gasteiger partial charge in [0.15, 0.2) is 0 Å². The van der Waals surface area contributed by atoms with Crippen molar-refractivity contribution in [3.63, 3.8) is 0 Å². The molecule has 1 fully saturated rings. The molecule has 0 aromatic heterocycles. The number of piperidine rings is 1. The highest BCUT2D eigenvalue weighted by molar-refractivity contribution is 5.82. The predicted octanol–water partition coefficient (Wildman–Crippen LogP) is 0.172. The molecule has 0 aromatic carbocycles. The van der Waals surface area contributed by atoms with E-state index in [4.69, 9.17) is 0 Å². The molecule has 0 bridgehead atoms. The molecule has 0 aromatic rings. The van der Waals surface area contributed by atoms with Gasteiger partial charge in [-0.1, -0.05) is 0 Å². The number of nitrogens with zero attached hydrogens (tertiary/aromatic N) is 1. The second-order valence-corrected chi connectivity index (χ2v) is 2.85. The first-order chi connectivity index (χ1) is 5.74. The van der Waals surface area contributed by atoms with Crippen molar-refractivity contribution in [2.24, 2.45) is 0 Å². The summed E-state index contributed by atoms with van der Waals surface area (Å²) in [5.41, 5.74) is 0. The fraction of sp³-hybridized carbons (Fsp3) is 0.750. The molecule has 0 atom stereocenters. The van der Waals surface area contributed by atoms with Gasteiger partial charge in [-0.2, -0.15) is 0 Å². The van der Waals surface area contributed by atoms with Crippen LogP contribution in [-0.4, -0.2) is 37.0 Å². The van der Waals surface area contributed by atoms with Crippen molar-refractivity contribution in [3.8, 4) is 0 Å². The third kappa shape index (κ3) is 2.22. The molecule has 0 N–H and O–H groups in total. The topological polar surface area (TPSA) is 46.6 Å². The zero-order chi connectivity index (χ0) is 8.97. The van der Waals surface area contributed by atoms with E-state index in [9.17, 15) is 9.59 Å². The van der Waals surface area contributed by atoms with Crippen molar-refractivity contribution in [2.75, 3.05) is 20.2 Å². The third-order valence-corrected chi connectivity index (χ3v) is 1.97. The van der Waals surface area contributed by atoms with Crippen LogP contribution in [0.5, 0.6) is 0 Å². The predicted molar refractivity (Wildman–Crippen MR) is 42.4 cm³/mol. The van der Waals surface area contributed by atoms with E-state index in [0.717, 1.165) is 12.8 Å². The minimum atomic E-state index is -0.342. The zero-order valence-electron chi connectivity index (χ0n) is 7.21. The van der Waals surface area contributed by atoms with Gasteiger partial charge in [0.05, 0.1) is 7.11 Å². The maximum absolute atomic E-state index is 11.2. The summed E-state index contributed by atoms with van der Waals surface area (Å²) in [6.45, 7) is 0.795. The number of ether oxygens (including phenoxy) is 1. The second kappa shape index (κ2) is 4.09. The Hall–Kier alpha value is -1.06. The third-order valence-electron chi connectivity index (χ3n) is 1.97. The summed E-state index contributed by atoms with van der Waals surface area (Å²) in [4.78, 5) is 23.5. The molecule has 0 aliphatic carbocycles. The van der Waals surface area contributed by atoms with Crippen LogP contribution < -0.4 is 0 Å². The summed E-state index contributed by atoms with van der Waals surface area (Å²) in [7, 11) is 1.33. The molecule has 4 heteroatoms. The zero-order valence-corrected chi connectivity index (χ0v) is 7.21. The smallest absolute Gasteiger partial charge is 0.325 e. The van der Waals surface area contributed by atoms with E-state index >= 15 is 0 Å². The van der Waals surface area contributed by atoms with Gasteiger partial charge in [-0.05, 0) is 12.8 Å². The van der Waals surface area contributed by atoms with Gasteiger partial charge in [-0.25, -0.2) is 0 Å². The van der Waals surface area contributed by atoms with Crippen molar-refractivity contribution in [1.29, 1.82) is 0 Å². The molecule has 1 heterocycles. The quantitative estimate of drug-likeness (QED) is 0.556. The standard InChI is InChI=1S/C8H13NO3/c1-12-8(11)6-9-5-3-2-4-7(9)10/h2-6H2,1H3. The Morgan fingerprint density at radius 1 is 1.58 bits per heavy atom. The lowest BCUT2D eigenvalue weighted by Crippen LogP contribution is -2.39. The second-order valence-electron chi connectivity index (χ2n) is 2.85. The van der Waals surface area contributed by atoms with Gasteiger partial charge in [-0.15, -0.1) is 0 Å². The van der Waals surface area contributed by atoms with Gasteiger partial charge in [0, 0.05) is 13.0 Å². The largest absolute Gasteiger partial charge is 0.468 e. The lowest BCUT2D eigenvalue weighted by atomic mass is 10.1. The Balaban J connectivity index is 2.39. The van der Waals surface area contributed by atoms with Crippen molar-refractivity contribution in [3.05, 3.63) is 0 Å². The number of likely N-dealkylation sites (tertiary alicyclic amines) is 1.